The number of unbranched alkanes of at least 4 members (excludes halogenated alkanes) is 30. The van der Waals surface area contributed by atoms with Crippen LogP contribution in [0.1, 0.15) is 226 Å². The summed E-state index contributed by atoms with van der Waals surface area (Å²) in [6.07, 6.45) is 50.8. The van der Waals surface area contributed by atoms with E-state index in [0.29, 0.717) is 0 Å². The van der Waals surface area contributed by atoms with Crippen LogP contribution in [0.15, 0.2) is 0 Å². The Kier molecular flexibility index (Phi) is 34.7. The molecule has 0 spiro atoms. The van der Waals surface area contributed by atoms with Crippen molar-refractivity contribution in [1.82, 2.24) is 0 Å². The smallest absolute Gasteiger partial charge is 0.0235 e. The summed E-state index contributed by atoms with van der Waals surface area (Å²) in [4.78, 5) is 0. The van der Waals surface area contributed by atoms with Crippen LogP contribution < -0.4 is 0 Å². The molecule has 0 rings (SSSR count). The minimum Gasteiger partial charge on any atom is -0.0975 e. The van der Waals surface area contributed by atoms with E-state index >= 15 is 0 Å². The van der Waals surface area contributed by atoms with E-state index < -0.39 is 6.04 Å². The zero-order valence-corrected chi connectivity index (χ0v) is 30.3. The largest absolute Gasteiger partial charge is 0.0975 e. The monoisotopic (exact) mass is 599 g/mol. The fourth-order valence-electron chi connectivity index (χ4n) is 6.32. The van der Waals surface area contributed by atoms with Crippen molar-refractivity contribution in [3.63, 3.8) is 0 Å². The molecule has 0 aromatic rings. The summed E-state index contributed by atoms with van der Waals surface area (Å²) in [7, 11) is 0. The summed E-state index contributed by atoms with van der Waals surface area (Å²) < 4.78 is 0. The molecule has 2 heteroatoms. The summed E-state index contributed by atoms with van der Waals surface area (Å²) in [5.74, 6) is 0. The minimum atomic E-state index is -1.04. The number of rotatable bonds is 35. The molecule has 0 fully saturated rings. The summed E-state index contributed by atoms with van der Waals surface area (Å²) in [5.41, 5.74) is 0. The van der Waals surface area contributed by atoms with Crippen LogP contribution in [-0.4, -0.2) is 18.5 Å². The Bertz CT molecular complexity index is 462. The van der Waals surface area contributed by atoms with E-state index in [2.05, 4.69) is 20.8 Å². The summed E-state index contributed by atoms with van der Waals surface area (Å²) >= 11 is 6.22. The van der Waals surface area contributed by atoms with Gasteiger partial charge in [-0.05, 0) is 37.4 Å². The lowest BCUT2D eigenvalue weighted by molar-refractivity contribution is 0.531. The molecule has 0 aromatic carbocycles. The van der Waals surface area contributed by atoms with Crippen molar-refractivity contribution in [2.24, 2.45) is 0 Å². The second kappa shape index (κ2) is 34.1. The van der Waals surface area contributed by atoms with E-state index in [-0.39, 0.29) is 0 Å². The Hall–Kier alpha value is 0.650. The third-order valence-electron chi connectivity index (χ3n) is 9.41. The highest BCUT2D eigenvalue weighted by Crippen LogP contribution is 2.47. The van der Waals surface area contributed by atoms with Gasteiger partial charge in [-0.15, -0.1) is 0 Å². The van der Waals surface area contributed by atoms with E-state index in [1.165, 1.54) is 224 Å². The van der Waals surface area contributed by atoms with Gasteiger partial charge in [0, 0.05) is 0 Å². The van der Waals surface area contributed by atoms with Crippen molar-refractivity contribution in [3.8, 4) is 0 Å². The lowest BCUT2D eigenvalue weighted by Gasteiger charge is -2.20. The Morgan fingerprint density at radius 1 is 0.275 bits per heavy atom. The quantitative estimate of drug-likeness (QED) is 0.0516. The lowest BCUT2D eigenvalue weighted by atomic mass is 10.0. The molecule has 0 unspecified atom stereocenters. The number of hydrogen-bond donors (Lipinski definition) is 0. The van der Waals surface area contributed by atoms with Crippen LogP contribution in [0.25, 0.3) is 0 Å². The minimum absolute atomic E-state index is 1.04. The third-order valence-corrected chi connectivity index (χ3v) is 14.7. The topological polar surface area (TPSA) is 0 Å². The summed E-state index contributed by atoms with van der Waals surface area (Å²) in [5, 5.41) is 0. The molecule has 0 N–H and O–H groups in total. The zero-order valence-electron chi connectivity index (χ0n) is 28.6. The normalized spacial score (nSPS) is 12.0. The molecule has 0 atom stereocenters. The van der Waals surface area contributed by atoms with Crippen LogP contribution in [0.2, 0.25) is 0 Å². The molecule has 0 nitrogen and oxygen atoms in total. The molecule has 0 radical (unpaired) electrons. The van der Waals surface area contributed by atoms with Crippen molar-refractivity contribution in [1.29, 1.82) is 0 Å². The summed E-state index contributed by atoms with van der Waals surface area (Å²) in [6.45, 7) is 7.00. The van der Waals surface area contributed by atoms with E-state index in [9.17, 15) is 0 Å². The Morgan fingerprint density at radius 2 is 0.450 bits per heavy atom. The van der Waals surface area contributed by atoms with E-state index in [0.717, 1.165) is 0 Å². The molecule has 242 valence electrons. The fraction of sp³-hybridized carbons (Fsp3) is 1.00. The Morgan fingerprint density at radius 3 is 0.625 bits per heavy atom. The van der Waals surface area contributed by atoms with Gasteiger partial charge in [0.25, 0.3) is 0 Å². The first kappa shape index (κ1) is 40.6. The first-order valence-corrected chi connectivity index (χ1v) is 22.6. The maximum atomic E-state index is 6.22. The first-order chi connectivity index (χ1) is 19.7. The van der Waals surface area contributed by atoms with E-state index in [1.54, 1.807) is 0 Å². The molecule has 0 heterocycles. The van der Waals surface area contributed by atoms with Crippen LogP contribution in [0.3, 0.4) is 0 Å². The molecule has 0 saturated heterocycles. The molecule has 0 amide bonds. The summed E-state index contributed by atoms with van der Waals surface area (Å²) in [6, 6.07) is -1.04. The van der Waals surface area contributed by atoms with Crippen molar-refractivity contribution >= 4 is 17.8 Å². The SMILES string of the molecule is CCCCCCCCCCCCCCCCCCP(=S)(CC)CCCCCCCCCCCCCCCCCC. The van der Waals surface area contributed by atoms with Crippen LogP contribution in [0.4, 0.5) is 0 Å². The van der Waals surface area contributed by atoms with Crippen LogP contribution >= 0.6 is 6.04 Å². The van der Waals surface area contributed by atoms with Gasteiger partial charge in [-0.3, -0.25) is 0 Å². The van der Waals surface area contributed by atoms with Crippen molar-refractivity contribution < 1.29 is 0 Å². The van der Waals surface area contributed by atoms with Gasteiger partial charge in [0.1, 0.15) is 0 Å². The second-order valence-corrected chi connectivity index (χ2v) is 19.4. The molecule has 0 aliphatic carbocycles. The molecule has 0 saturated carbocycles. The maximum Gasteiger partial charge on any atom is -0.0235 e. The van der Waals surface area contributed by atoms with Crippen LogP contribution in [-0.2, 0) is 11.8 Å². The zero-order chi connectivity index (χ0) is 29.2. The van der Waals surface area contributed by atoms with Crippen molar-refractivity contribution in [3.05, 3.63) is 0 Å². The predicted molar refractivity (Wildman–Crippen MR) is 194 cm³/mol. The molecule has 0 aliphatic heterocycles. The average molecular weight is 599 g/mol. The lowest BCUT2D eigenvalue weighted by Crippen LogP contribution is -1.99. The van der Waals surface area contributed by atoms with Gasteiger partial charge >= 0.3 is 0 Å². The highest BCUT2D eigenvalue weighted by Gasteiger charge is 2.13. The standard InChI is InChI=1S/C38H79PS/c1-4-7-9-11-13-15-17-19-21-23-25-27-29-31-33-35-37-39(40,6-3)38-36-34-32-30-28-26-24-22-20-18-16-14-12-10-8-5-2/h4-38H2,1-3H3. The van der Waals surface area contributed by atoms with Gasteiger partial charge in [0.2, 0.25) is 0 Å². The predicted octanol–water partition coefficient (Wildman–Crippen LogP) is 15.0. The molecule has 40 heavy (non-hydrogen) atoms. The van der Waals surface area contributed by atoms with Crippen LogP contribution in [0.5, 0.6) is 0 Å². The highest BCUT2D eigenvalue weighted by molar-refractivity contribution is 8.14. The van der Waals surface area contributed by atoms with Gasteiger partial charge in [0.15, 0.2) is 0 Å². The average Bonchev–Trinajstić information content (AvgIpc) is 2.96. The van der Waals surface area contributed by atoms with Gasteiger partial charge in [-0.25, -0.2) is 0 Å². The third kappa shape index (κ3) is 31.6. The van der Waals surface area contributed by atoms with E-state index in [4.69, 9.17) is 11.8 Å². The van der Waals surface area contributed by atoms with Gasteiger partial charge in [-0.1, -0.05) is 225 Å². The first-order valence-electron chi connectivity index (χ1n) is 19.3. The fourth-order valence-corrected chi connectivity index (χ4v) is 9.55. The van der Waals surface area contributed by atoms with Crippen molar-refractivity contribution in [2.45, 2.75) is 226 Å². The van der Waals surface area contributed by atoms with Gasteiger partial charge in [-0.2, -0.15) is 0 Å². The second-order valence-electron chi connectivity index (χ2n) is 13.4. The van der Waals surface area contributed by atoms with E-state index in [1.807, 2.05) is 0 Å². The van der Waals surface area contributed by atoms with Gasteiger partial charge < -0.3 is 0 Å². The van der Waals surface area contributed by atoms with Crippen LogP contribution in [0, 0.1) is 0 Å². The number of hydrogen-bond acceptors (Lipinski definition) is 1. The maximum absolute atomic E-state index is 6.22. The molecule has 0 bridgehead atoms. The van der Waals surface area contributed by atoms with Crippen molar-refractivity contribution in [2.75, 3.05) is 18.5 Å². The molecule has 0 aliphatic rings. The van der Waals surface area contributed by atoms with Gasteiger partial charge in [0.05, 0.1) is 0 Å². The molecular formula is C38H79PS. The Labute approximate surface area is 261 Å². The molecular weight excluding hydrogens is 519 g/mol. The molecule has 0 aromatic heterocycles. The highest BCUT2D eigenvalue weighted by atomic mass is 32.4. The Balaban J connectivity index is 3.39.